The highest BCUT2D eigenvalue weighted by molar-refractivity contribution is 7.17. The van der Waals surface area contributed by atoms with E-state index in [-0.39, 0.29) is 0 Å². The van der Waals surface area contributed by atoms with Gasteiger partial charge >= 0.3 is 5.97 Å². The molecule has 5 heteroatoms. The van der Waals surface area contributed by atoms with Gasteiger partial charge in [-0.15, -0.1) is 0 Å². The molecule has 0 amide bonds. The second-order valence-corrected chi connectivity index (χ2v) is 6.19. The van der Waals surface area contributed by atoms with Crippen LogP contribution in [0.2, 0.25) is 0 Å². The number of thiazole rings is 1. The molecule has 2 saturated carbocycles. The average molecular weight is 266 g/mol. The molecule has 1 heterocycles. The lowest BCUT2D eigenvalue weighted by Gasteiger charge is -2.20. The van der Waals surface area contributed by atoms with Crippen LogP contribution >= 0.6 is 11.3 Å². The number of hydrogen-bond donors (Lipinski definition) is 1. The number of carboxylic acids is 1. The molecular formula is C13H18N2O2S. The van der Waals surface area contributed by atoms with Crippen molar-refractivity contribution in [2.24, 2.45) is 0 Å². The molecule has 2 fully saturated rings. The first-order valence-corrected chi connectivity index (χ1v) is 7.53. The standard InChI is InChI=1S/C13H18N2O2S/c1-2-7-15(9-5-6-9)13-14-10(8-3-4-8)11(18-13)12(16)17/h8-9H,2-7H2,1H3,(H,16,17). The summed E-state index contributed by atoms with van der Waals surface area (Å²) < 4.78 is 0. The Labute approximate surface area is 111 Å². The summed E-state index contributed by atoms with van der Waals surface area (Å²) in [7, 11) is 0. The Bertz CT molecular complexity index is 464. The lowest BCUT2D eigenvalue weighted by molar-refractivity contribution is 0.0700. The normalized spacial score (nSPS) is 18.9. The topological polar surface area (TPSA) is 53.4 Å². The molecule has 0 aliphatic heterocycles. The number of nitrogens with zero attached hydrogens (tertiary/aromatic N) is 2. The largest absolute Gasteiger partial charge is 0.477 e. The molecular weight excluding hydrogens is 248 g/mol. The smallest absolute Gasteiger partial charge is 0.347 e. The highest BCUT2D eigenvalue weighted by Gasteiger charge is 2.35. The van der Waals surface area contributed by atoms with Crippen molar-refractivity contribution in [1.29, 1.82) is 0 Å². The molecule has 2 aliphatic carbocycles. The van der Waals surface area contributed by atoms with E-state index in [2.05, 4.69) is 16.8 Å². The molecule has 0 spiro atoms. The fourth-order valence-corrected chi connectivity index (χ4v) is 3.38. The molecule has 3 rings (SSSR count). The van der Waals surface area contributed by atoms with Gasteiger partial charge in [-0.3, -0.25) is 0 Å². The van der Waals surface area contributed by atoms with Crippen molar-refractivity contribution in [2.45, 2.75) is 51.0 Å². The molecule has 2 aliphatic rings. The van der Waals surface area contributed by atoms with Crippen LogP contribution in [0.25, 0.3) is 0 Å². The molecule has 4 nitrogen and oxygen atoms in total. The van der Waals surface area contributed by atoms with Gasteiger partial charge in [-0.25, -0.2) is 9.78 Å². The van der Waals surface area contributed by atoms with Crippen LogP contribution in [-0.4, -0.2) is 28.6 Å². The highest BCUT2D eigenvalue weighted by atomic mass is 32.1. The minimum atomic E-state index is -0.812. The maximum atomic E-state index is 11.3. The predicted octanol–water partition coefficient (Wildman–Crippen LogP) is 3.10. The Balaban J connectivity index is 1.90. The molecule has 1 aromatic heterocycles. The number of aromatic nitrogens is 1. The van der Waals surface area contributed by atoms with E-state index >= 15 is 0 Å². The predicted molar refractivity (Wildman–Crippen MR) is 71.7 cm³/mol. The summed E-state index contributed by atoms with van der Waals surface area (Å²) in [6, 6.07) is 0.602. The molecule has 0 atom stereocenters. The third-order valence-corrected chi connectivity index (χ3v) is 4.59. The molecule has 98 valence electrons. The van der Waals surface area contributed by atoms with Gasteiger partial charge in [0, 0.05) is 18.5 Å². The van der Waals surface area contributed by atoms with Crippen LogP contribution in [0.1, 0.15) is 60.3 Å². The Morgan fingerprint density at radius 2 is 2.17 bits per heavy atom. The fourth-order valence-electron chi connectivity index (χ4n) is 2.29. The van der Waals surface area contributed by atoms with Gasteiger partial charge in [0.25, 0.3) is 0 Å². The van der Waals surface area contributed by atoms with Crippen molar-refractivity contribution in [3.8, 4) is 0 Å². The lowest BCUT2D eigenvalue weighted by Crippen LogP contribution is -2.26. The number of rotatable bonds is 6. The molecule has 0 bridgehead atoms. The quantitative estimate of drug-likeness (QED) is 0.859. The van der Waals surface area contributed by atoms with Crippen LogP contribution in [0.4, 0.5) is 5.13 Å². The Hall–Kier alpha value is -1.10. The van der Waals surface area contributed by atoms with Crippen molar-refractivity contribution >= 4 is 22.4 Å². The van der Waals surface area contributed by atoms with Gasteiger partial charge in [-0.1, -0.05) is 18.3 Å². The molecule has 1 aromatic rings. The van der Waals surface area contributed by atoms with Crippen LogP contribution < -0.4 is 4.90 Å². The monoisotopic (exact) mass is 266 g/mol. The van der Waals surface area contributed by atoms with Gasteiger partial charge in [-0.05, 0) is 32.1 Å². The number of anilines is 1. The summed E-state index contributed by atoms with van der Waals surface area (Å²) in [6.07, 6.45) is 5.72. The summed E-state index contributed by atoms with van der Waals surface area (Å²) in [4.78, 5) is 18.7. The second kappa shape index (κ2) is 4.53. The number of carbonyl (C=O) groups is 1. The van der Waals surface area contributed by atoms with E-state index in [1.165, 1.54) is 24.2 Å². The van der Waals surface area contributed by atoms with Crippen molar-refractivity contribution in [1.82, 2.24) is 4.98 Å². The third-order valence-electron chi connectivity index (χ3n) is 3.50. The summed E-state index contributed by atoms with van der Waals surface area (Å²) in [5, 5.41) is 10.2. The zero-order chi connectivity index (χ0) is 12.7. The summed E-state index contributed by atoms with van der Waals surface area (Å²) in [6.45, 7) is 3.14. The van der Waals surface area contributed by atoms with E-state index < -0.39 is 5.97 Å². The summed E-state index contributed by atoms with van der Waals surface area (Å²) >= 11 is 1.37. The summed E-state index contributed by atoms with van der Waals surface area (Å²) in [5.41, 5.74) is 0.837. The molecule has 0 unspecified atom stereocenters. The Morgan fingerprint density at radius 1 is 1.44 bits per heavy atom. The second-order valence-electron chi connectivity index (χ2n) is 5.21. The molecule has 0 radical (unpaired) electrons. The zero-order valence-corrected chi connectivity index (χ0v) is 11.4. The van der Waals surface area contributed by atoms with Crippen LogP contribution in [0.5, 0.6) is 0 Å². The van der Waals surface area contributed by atoms with Gasteiger partial charge in [0.15, 0.2) is 5.13 Å². The fraction of sp³-hybridized carbons (Fsp3) is 0.692. The van der Waals surface area contributed by atoms with Gasteiger partial charge in [0.2, 0.25) is 0 Å². The van der Waals surface area contributed by atoms with Crippen LogP contribution in [0.3, 0.4) is 0 Å². The maximum Gasteiger partial charge on any atom is 0.347 e. The average Bonchev–Trinajstić information content (AvgIpc) is 3.23. The molecule has 0 aromatic carbocycles. The molecule has 1 N–H and O–H groups in total. The minimum absolute atomic E-state index is 0.406. The SMILES string of the molecule is CCCN(c1nc(C2CC2)c(C(=O)O)s1)C1CC1. The number of hydrogen-bond acceptors (Lipinski definition) is 4. The van der Waals surface area contributed by atoms with Crippen LogP contribution in [-0.2, 0) is 0 Å². The third kappa shape index (κ3) is 2.23. The Kier molecular flexibility index (Phi) is 3.01. The van der Waals surface area contributed by atoms with E-state index in [9.17, 15) is 9.90 Å². The van der Waals surface area contributed by atoms with Gasteiger partial charge in [0.1, 0.15) is 4.88 Å². The van der Waals surface area contributed by atoms with E-state index in [0.717, 1.165) is 36.6 Å². The lowest BCUT2D eigenvalue weighted by atomic mass is 10.2. The van der Waals surface area contributed by atoms with E-state index in [1.54, 1.807) is 0 Å². The van der Waals surface area contributed by atoms with Crippen LogP contribution in [0, 0.1) is 0 Å². The van der Waals surface area contributed by atoms with Gasteiger partial charge in [-0.2, -0.15) is 0 Å². The zero-order valence-electron chi connectivity index (χ0n) is 10.6. The number of aromatic carboxylic acids is 1. The van der Waals surface area contributed by atoms with Crippen molar-refractivity contribution in [2.75, 3.05) is 11.4 Å². The van der Waals surface area contributed by atoms with Crippen molar-refractivity contribution in [3.63, 3.8) is 0 Å². The van der Waals surface area contributed by atoms with Crippen LogP contribution in [0.15, 0.2) is 0 Å². The van der Waals surface area contributed by atoms with Gasteiger partial charge in [0.05, 0.1) is 5.69 Å². The molecule has 0 saturated heterocycles. The maximum absolute atomic E-state index is 11.3. The first-order chi connectivity index (χ1) is 8.70. The summed E-state index contributed by atoms with van der Waals surface area (Å²) in [5.74, 6) is -0.406. The van der Waals surface area contributed by atoms with E-state index in [0.29, 0.717) is 16.8 Å². The molecule has 18 heavy (non-hydrogen) atoms. The van der Waals surface area contributed by atoms with Gasteiger partial charge < -0.3 is 10.0 Å². The van der Waals surface area contributed by atoms with E-state index in [1.807, 2.05) is 0 Å². The first-order valence-electron chi connectivity index (χ1n) is 6.71. The Morgan fingerprint density at radius 3 is 2.67 bits per heavy atom. The number of carboxylic acid groups (broad SMARTS) is 1. The minimum Gasteiger partial charge on any atom is -0.477 e. The van der Waals surface area contributed by atoms with Crippen molar-refractivity contribution in [3.05, 3.63) is 10.6 Å². The highest BCUT2D eigenvalue weighted by Crippen LogP contribution is 2.45. The first kappa shape index (κ1) is 12.0. The van der Waals surface area contributed by atoms with Crippen molar-refractivity contribution < 1.29 is 9.90 Å². The van der Waals surface area contributed by atoms with E-state index in [4.69, 9.17) is 0 Å².